The molecule has 0 spiro atoms. The molecule has 0 bridgehead atoms. The van der Waals surface area contributed by atoms with Gasteiger partial charge >= 0.3 is 0 Å². The smallest absolute Gasteiger partial charge is 0.165 e. The molecule has 2 rings (SSSR count). The molecule has 1 aliphatic heterocycles. The predicted molar refractivity (Wildman–Crippen MR) is 64.2 cm³/mol. The third-order valence-corrected chi connectivity index (χ3v) is 3.21. The van der Waals surface area contributed by atoms with Gasteiger partial charge in [0.2, 0.25) is 0 Å². The van der Waals surface area contributed by atoms with Gasteiger partial charge in [-0.15, -0.1) is 0 Å². The van der Waals surface area contributed by atoms with Gasteiger partial charge in [0.1, 0.15) is 5.75 Å². The number of halogens is 1. The molecule has 0 aromatic heterocycles. The van der Waals surface area contributed by atoms with Crippen molar-refractivity contribution in [2.45, 2.75) is 25.3 Å². The fourth-order valence-electron chi connectivity index (χ4n) is 2.36. The summed E-state index contributed by atoms with van der Waals surface area (Å²) in [7, 11) is 3.09. The van der Waals surface area contributed by atoms with E-state index in [2.05, 4.69) is 5.32 Å². The molecule has 1 saturated heterocycles. The molecule has 1 heterocycles. The van der Waals surface area contributed by atoms with Gasteiger partial charge in [-0.25, -0.2) is 4.39 Å². The van der Waals surface area contributed by atoms with Crippen LogP contribution in [0.1, 0.15) is 18.4 Å². The highest BCUT2D eigenvalue weighted by Gasteiger charge is 2.21. The molecule has 0 amide bonds. The Morgan fingerprint density at radius 3 is 2.76 bits per heavy atom. The van der Waals surface area contributed by atoms with Crippen LogP contribution < -0.4 is 14.8 Å². The zero-order valence-corrected chi connectivity index (χ0v) is 10.3. The van der Waals surface area contributed by atoms with Gasteiger partial charge < -0.3 is 14.8 Å². The zero-order valence-electron chi connectivity index (χ0n) is 10.3. The molecule has 1 aliphatic rings. The topological polar surface area (TPSA) is 30.5 Å². The van der Waals surface area contributed by atoms with Crippen molar-refractivity contribution in [2.75, 3.05) is 20.8 Å². The molecule has 0 radical (unpaired) electrons. The van der Waals surface area contributed by atoms with Crippen molar-refractivity contribution in [3.8, 4) is 11.5 Å². The predicted octanol–water partition coefficient (Wildman–Crippen LogP) is 2.14. The van der Waals surface area contributed by atoms with Gasteiger partial charge in [0, 0.05) is 11.6 Å². The molecule has 1 fully saturated rings. The van der Waals surface area contributed by atoms with Crippen molar-refractivity contribution >= 4 is 0 Å². The van der Waals surface area contributed by atoms with E-state index in [0.717, 1.165) is 24.9 Å². The number of rotatable bonds is 4. The Hall–Kier alpha value is -1.29. The van der Waals surface area contributed by atoms with E-state index in [1.807, 2.05) is 0 Å². The van der Waals surface area contributed by atoms with Gasteiger partial charge in [0.25, 0.3) is 0 Å². The van der Waals surface area contributed by atoms with Gasteiger partial charge in [0.05, 0.1) is 14.2 Å². The summed E-state index contributed by atoms with van der Waals surface area (Å²) in [5.74, 6) is 0.663. The SMILES string of the molecule is COc1ccc(F)c(OC)c1CC1CCCN1. The van der Waals surface area contributed by atoms with E-state index >= 15 is 0 Å². The number of methoxy groups -OCH3 is 2. The summed E-state index contributed by atoms with van der Waals surface area (Å²) >= 11 is 0. The van der Waals surface area contributed by atoms with Gasteiger partial charge in [-0.2, -0.15) is 0 Å². The van der Waals surface area contributed by atoms with Crippen molar-refractivity contribution in [2.24, 2.45) is 0 Å². The van der Waals surface area contributed by atoms with Crippen LogP contribution in [0, 0.1) is 5.82 Å². The third kappa shape index (κ3) is 2.52. The highest BCUT2D eigenvalue weighted by molar-refractivity contribution is 5.46. The van der Waals surface area contributed by atoms with E-state index in [4.69, 9.17) is 9.47 Å². The summed E-state index contributed by atoms with van der Waals surface area (Å²) in [5.41, 5.74) is 0.814. The second-order valence-electron chi connectivity index (χ2n) is 4.26. The first-order valence-electron chi connectivity index (χ1n) is 5.89. The van der Waals surface area contributed by atoms with E-state index in [9.17, 15) is 4.39 Å². The molecule has 94 valence electrons. The number of ether oxygens (including phenoxy) is 2. The van der Waals surface area contributed by atoms with E-state index in [1.54, 1.807) is 13.2 Å². The Labute approximate surface area is 101 Å². The first-order chi connectivity index (χ1) is 8.26. The minimum absolute atomic E-state index is 0.304. The minimum atomic E-state index is -0.332. The van der Waals surface area contributed by atoms with Crippen molar-refractivity contribution in [3.05, 3.63) is 23.5 Å². The Morgan fingerprint density at radius 1 is 1.35 bits per heavy atom. The van der Waals surface area contributed by atoms with Gasteiger partial charge in [0.15, 0.2) is 11.6 Å². The number of hydrogen-bond donors (Lipinski definition) is 1. The lowest BCUT2D eigenvalue weighted by Gasteiger charge is -2.17. The number of benzene rings is 1. The number of nitrogens with one attached hydrogen (secondary N) is 1. The third-order valence-electron chi connectivity index (χ3n) is 3.21. The lowest BCUT2D eigenvalue weighted by atomic mass is 10.0. The highest BCUT2D eigenvalue weighted by Crippen LogP contribution is 2.33. The summed E-state index contributed by atoms with van der Waals surface area (Å²) in [6, 6.07) is 3.42. The van der Waals surface area contributed by atoms with Crippen LogP contribution in [0.25, 0.3) is 0 Å². The molecule has 1 unspecified atom stereocenters. The maximum absolute atomic E-state index is 13.6. The zero-order chi connectivity index (χ0) is 12.3. The van der Waals surface area contributed by atoms with Crippen LogP contribution in [-0.4, -0.2) is 26.8 Å². The fourth-order valence-corrected chi connectivity index (χ4v) is 2.36. The van der Waals surface area contributed by atoms with Crippen LogP contribution in [0.3, 0.4) is 0 Å². The van der Waals surface area contributed by atoms with Gasteiger partial charge in [-0.05, 0) is 37.9 Å². The monoisotopic (exact) mass is 239 g/mol. The minimum Gasteiger partial charge on any atom is -0.496 e. The maximum Gasteiger partial charge on any atom is 0.165 e. The van der Waals surface area contributed by atoms with Gasteiger partial charge in [-0.3, -0.25) is 0 Å². The lowest BCUT2D eigenvalue weighted by molar-refractivity contribution is 0.362. The first kappa shape index (κ1) is 12.2. The summed E-state index contributed by atoms with van der Waals surface area (Å²) < 4.78 is 24.1. The molecule has 1 atom stereocenters. The largest absolute Gasteiger partial charge is 0.496 e. The normalized spacial score (nSPS) is 19.4. The van der Waals surface area contributed by atoms with Crippen LogP contribution in [0.4, 0.5) is 4.39 Å². The molecule has 4 heteroatoms. The Kier molecular flexibility index (Phi) is 3.84. The van der Waals surface area contributed by atoms with E-state index in [-0.39, 0.29) is 5.82 Å². The van der Waals surface area contributed by atoms with Crippen molar-refractivity contribution in [3.63, 3.8) is 0 Å². The summed E-state index contributed by atoms with van der Waals surface area (Å²) in [6.45, 7) is 1.03. The Balaban J connectivity index is 2.30. The molecule has 0 saturated carbocycles. The molecule has 1 aromatic carbocycles. The quantitative estimate of drug-likeness (QED) is 0.873. The molecule has 3 nitrogen and oxygen atoms in total. The molecular weight excluding hydrogens is 221 g/mol. The van der Waals surface area contributed by atoms with E-state index in [1.165, 1.54) is 19.6 Å². The Morgan fingerprint density at radius 2 is 2.18 bits per heavy atom. The van der Waals surface area contributed by atoms with Crippen LogP contribution in [0.2, 0.25) is 0 Å². The molecule has 1 aromatic rings. The molecule has 17 heavy (non-hydrogen) atoms. The average Bonchev–Trinajstić information content (AvgIpc) is 2.83. The van der Waals surface area contributed by atoms with E-state index in [0.29, 0.717) is 17.5 Å². The van der Waals surface area contributed by atoms with Gasteiger partial charge in [-0.1, -0.05) is 0 Å². The van der Waals surface area contributed by atoms with E-state index < -0.39 is 0 Å². The van der Waals surface area contributed by atoms with Crippen LogP contribution >= 0.6 is 0 Å². The van der Waals surface area contributed by atoms with Crippen molar-refractivity contribution in [1.82, 2.24) is 5.32 Å². The molecular formula is C13H18FNO2. The summed E-state index contributed by atoms with van der Waals surface area (Å²) in [5, 5.41) is 3.39. The summed E-state index contributed by atoms with van der Waals surface area (Å²) in [4.78, 5) is 0. The standard InChI is InChI=1S/C13H18FNO2/c1-16-12-6-5-11(14)13(17-2)10(12)8-9-4-3-7-15-9/h5-6,9,15H,3-4,7-8H2,1-2H3. The van der Waals surface area contributed by atoms with Crippen molar-refractivity contribution in [1.29, 1.82) is 0 Å². The van der Waals surface area contributed by atoms with Crippen molar-refractivity contribution < 1.29 is 13.9 Å². The van der Waals surface area contributed by atoms with Crippen LogP contribution in [-0.2, 0) is 6.42 Å². The van der Waals surface area contributed by atoms with Crippen LogP contribution in [0.15, 0.2) is 12.1 Å². The summed E-state index contributed by atoms with van der Waals surface area (Å²) in [6.07, 6.45) is 3.03. The highest BCUT2D eigenvalue weighted by atomic mass is 19.1. The number of hydrogen-bond acceptors (Lipinski definition) is 3. The molecule has 0 aliphatic carbocycles. The molecule has 1 N–H and O–H groups in total. The fraction of sp³-hybridized carbons (Fsp3) is 0.538. The van der Waals surface area contributed by atoms with Crippen LogP contribution in [0.5, 0.6) is 11.5 Å². The first-order valence-corrected chi connectivity index (χ1v) is 5.89. The Bertz CT molecular complexity index is 389. The average molecular weight is 239 g/mol. The second kappa shape index (κ2) is 5.36. The maximum atomic E-state index is 13.6. The lowest BCUT2D eigenvalue weighted by Crippen LogP contribution is -2.24. The second-order valence-corrected chi connectivity index (χ2v) is 4.26.